The van der Waals surface area contributed by atoms with Crippen LogP contribution in [0.5, 0.6) is 0 Å². The van der Waals surface area contributed by atoms with Crippen LogP contribution in [0, 0.1) is 0 Å². The van der Waals surface area contributed by atoms with Gasteiger partial charge in [0.1, 0.15) is 4.88 Å². The number of carbonyl (C=O) groups excluding carboxylic acids is 2. The topological polar surface area (TPSA) is 49.9 Å². The number of amides is 1. The quantitative estimate of drug-likeness (QED) is 0.797. The Hall–Kier alpha value is -1.40. The maximum absolute atomic E-state index is 12.4. The minimum atomic E-state index is -0.390. The lowest BCUT2D eigenvalue weighted by Gasteiger charge is -2.36. The third-order valence-corrected chi connectivity index (χ3v) is 4.59. The van der Waals surface area contributed by atoms with Crippen LogP contribution in [0.2, 0.25) is 0 Å². The molecule has 20 heavy (non-hydrogen) atoms. The highest BCUT2D eigenvalue weighted by atomic mass is 32.1. The molecule has 0 bridgehead atoms. The van der Waals surface area contributed by atoms with Gasteiger partial charge in [0.2, 0.25) is 0 Å². The Bertz CT molecular complexity index is 490. The molecule has 6 heteroatoms. The molecule has 0 aliphatic carbocycles. The number of esters is 1. The van der Waals surface area contributed by atoms with Gasteiger partial charge in [-0.15, -0.1) is 11.3 Å². The average molecular weight is 296 g/mol. The fraction of sp³-hybridized carbons (Fsp3) is 0.571. The highest BCUT2D eigenvalue weighted by molar-refractivity contribution is 7.15. The van der Waals surface area contributed by atoms with E-state index in [0.717, 1.165) is 26.2 Å². The fourth-order valence-corrected chi connectivity index (χ4v) is 3.15. The first-order chi connectivity index (χ1) is 9.52. The summed E-state index contributed by atoms with van der Waals surface area (Å²) in [4.78, 5) is 29.0. The minimum absolute atomic E-state index is 0.00793. The fourth-order valence-electron chi connectivity index (χ4n) is 2.26. The predicted molar refractivity (Wildman–Crippen MR) is 78.3 cm³/mol. The molecular weight excluding hydrogens is 276 g/mol. The van der Waals surface area contributed by atoms with Crippen LogP contribution in [-0.2, 0) is 4.74 Å². The summed E-state index contributed by atoms with van der Waals surface area (Å²) in [5, 5.41) is 0. The van der Waals surface area contributed by atoms with Crippen molar-refractivity contribution in [1.82, 2.24) is 9.80 Å². The molecule has 0 atom stereocenters. The van der Waals surface area contributed by atoms with Crippen molar-refractivity contribution in [3.05, 3.63) is 21.9 Å². The van der Waals surface area contributed by atoms with Gasteiger partial charge in [0.25, 0.3) is 5.91 Å². The van der Waals surface area contributed by atoms with Gasteiger partial charge in [0.15, 0.2) is 0 Å². The van der Waals surface area contributed by atoms with Gasteiger partial charge >= 0.3 is 5.97 Å². The average Bonchev–Trinajstić information content (AvgIpc) is 2.95. The first kappa shape index (κ1) is 15.0. The molecule has 1 aliphatic rings. The number of piperazine rings is 1. The van der Waals surface area contributed by atoms with Gasteiger partial charge in [-0.3, -0.25) is 9.69 Å². The monoisotopic (exact) mass is 296 g/mol. The predicted octanol–water partition coefficient (Wildman–Crippen LogP) is 1.70. The Morgan fingerprint density at radius 2 is 1.75 bits per heavy atom. The molecule has 1 amide bonds. The molecule has 0 saturated carbocycles. The Kier molecular flexibility index (Phi) is 4.77. The van der Waals surface area contributed by atoms with Gasteiger partial charge in [-0.1, -0.05) is 0 Å². The molecule has 0 aromatic carbocycles. The van der Waals surface area contributed by atoms with Crippen molar-refractivity contribution in [2.75, 3.05) is 33.3 Å². The summed E-state index contributed by atoms with van der Waals surface area (Å²) >= 11 is 1.20. The number of ether oxygens (including phenoxy) is 1. The highest BCUT2D eigenvalue weighted by Crippen LogP contribution is 2.20. The van der Waals surface area contributed by atoms with E-state index in [2.05, 4.69) is 23.5 Å². The molecule has 2 rings (SSSR count). The van der Waals surface area contributed by atoms with Crippen molar-refractivity contribution >= 4 is 23.2 Å². The Morgan fingerprint density at radius 3 is 2.30 bits per heavy atom. The molecule has 110 valence electrons. The van der Waals surface area contributed by atoms with Crippen LogP contribution in [0.25, 0.3) is 0 Å². The van der Waals surface area contributed by atoms with E-state index >= 15 is 0 Å². The van der Waals surface area contributed by atoms with E-state index in [1.165, 1.54) is 18.4 Å². The van der Waals surface area contributed by atoms with Crippen LogP contribution in [0.15, 0.2) is 12.1 Å². The second-order valence-corrected chi connectivity index (χ2v) is 6.16. The van der Waals surface area contributed by atoms with Crippen LogP contribution in [-0.4, -0.2) is 61.0 Å². The van der Waals surface area contributed by atoms with Crippen LogP contribution < -0.4 is 0 Å². The van der Waals surface area contributed by atoms with Crippen molar-refractivity contribution in [2.24, 2.45) is 0 Å². The van der Waals surface area contributed by atoms with E-state index in [-0.39, 0.29) is 5.91 Å². The number of hydrogen-bond donors (Lipinski definition) is 0. The molecule has 0 N–H and O–H groups in total. The van der Waals surface area contributed by atoms with Crippen LogP contribution in [0.3, 0.4) is 0 Å². The summed E-state index contributed by atoms with van der Waals surface area (Å²) < 4.78 is 4.66. The molecule has 5 nitrogen and oxygen atoms in total. The lowest BCUT2D eigenvalue weighted by atomic mass is 10.2. The molecule has 2 heterocycles. The number of methoxy groups -OCH3 is 1. The van der Waals surface area contributed by atoms with E-state index in [4.69, 9.17) is 0 Å². The Morgan fingerprint density at radius 1 is 1.15 bits per heavy atom. The summed E-state index contributed by atoms with van der Waals surface area (Å²) in [6.07, 6.45) is 0. The number of hydrogen-bond acceptors (Lipinski definition) is 5. The van der Waals surface area contributed by atoms with Gasteiger partial charge in [-0.25, -0.2) is 4.79 Å². The Labute approximate surface area is 123 Å². The first-order valence-corrected chi connectivity index (χ1v) is 7.56. The van der Waals surface area contributed by atoms with Crippen molar-refractivity contribution in [3.8, 4) is 0 Å². The minimum Gasteiger partial charge on any atom is -0.465 e. The summed E-state index contributed by atoms with van der Waals surface area (Å²) in [5.74, 6) is -0.382. The lowest BCUT2D eigenvalue weighted by molar-refractivity contribution is 0.0597. The largest absolute Gasteiger partial charge is 0.465 e. The molecular formula is C14H20N2O3S. The molecule has 1 aromatic rings. The van der Waals surface area contributed by atoms with Crippen molar-refractivity contribution < 1.29 is 14.3 Å². The SMILES string of the molecule is COC(=O)c1ccc(C(=O)N2CCN(C(C)C)CC2)s1. The number of carbonyl (C=O) groups is 2. The van der Waals surface area contributed by atoms with Crippen LogP contribution in [0.1, 0.15) is 33.2 Å². The number of nitrogens with zero attached hydrogens (tertiary/aromatic N) is 2. The Balaban J connectivity index is 1.98. The lowest BCUT2D eigenvalue weighted by Crippen LogP contribution is -2.50. The smallest absolute Gasteiger partial charge is 0.348 e. The van der Waals surface area contributed by atoms with Gasteiger partial charge in [0, 0.05) is 32.2 Å². The van der Waals surface area contributed by atoms with E-state index in [0.29, 0.717) is 15.8 Å². The van der Waals surface area contributed by atoms with Crippen molar-refractivity contribution in [2.45, 2.75) is 19.9 Å². The third kappa shape index (κ3) is 3.19. The maximum atomic E-state index is 12.4. The second-order valence-electron chi connectivity index (χ2n) is 5.08. The van der Waals surface area contributed by atoms with Gasteiger partial charge in [-0.05, 0) is 26.0 Å². The number of rotatable bonds is 3. The molecule has 1 aromatic heterocycles. The van der Waals surface area contributed by atoms with Crippen LogP contribution in [0.4, 0.5) is 0 Å². The molecule has 1 fully saturated rings. The molecule has 1 saturated heterocycles. The molecule has 1 aliphatic heterocycles. The molecule has 0 radical (unpaired) electrons. The normalized spacial score (nSPS) is 16.5. The molecule has 0 spiro atoms. The number of thiophene rings is 1. The zero-order valence-corrected chi connectivity index (χ0v) is 12.9. The van der Waals surface area contributed by atoms with E-state index in [1.54, 1.807) is 12.1 Å². The zero-order chi connectivity index (χ0) is 14.7. The third-order valence-electron chi connectivity index (χ3n) is 3.54. The van der Waals surface area contributed by atoms with E-state index in [1.807, 2.05) is 4.90 Å². The van der Waals surface area contributed by atoms with Crippen LogP contribution >= 0.6 is 11.3 Å². The van der Waals surface area contributed by atoms with E-state index in [9.17, 15) is 9.59 Å². The summed E-state index contributed by atoms with van der Waals surface area (Å²) in [6.45, 7) is 7.61. The summed E-state index contributed by atoms with van der Waals surface area (Å²) in [7, 11) is 1.34. The standard InChI is InChI=1S/C14H20N2O3S/c1-10(2)15-6-8-16(9-7-15)13(17)11-4-5-12(20-11)14(18)19-3/h4-5,10H,6-9H2,1-3H3. The highest BCUT2D eigenvalue weighted by Gasteiger charge is 2.24. The van der Waals surface area contributed by atoms with Crippen molar-refractivity contribution in [3.63, 3.8) is 0 Å². The summed E-state index contributed by atoms with van der Waals surface area (Å²) in [6, 6.07) is 3.86. The van der Waals surface area contributed by atoms with Gasteiger partial charge in [-0.2, -0.15) is 0 Å². The summed E-state index contributed by atoms with van der Waals surface area (Å²) in [5.41, 5.74) is 0. The van der Waals surface area contributed by atoms with E-state index < -0.39 is 5.97 Å². The zero-order valence-electron chi connectivity index (χ0n) is 12.1. The van der Waals surface area contributed by atoms with Gasteiger partial charge < -0.3 is 9.64 Å². The second kappa shape index (κ2) is 6.37. The van der Waals surface area contributed by atoms with Gasteiger partial charge in [0.05, 0.1) is 12.0 Å². The first-order valence-electron chi connectivity index (χ1n) is 6.74. The van der Waals surface area contributed by atoms with Crippen molar-refractivity contribution in [1.29, 1.82) is 0 Å². The maximum Gasteiger partial charge on any atom is 0.348 e. The molecule has 0 unspecified atom stereocenters.